The first-order chi connectivity index (χ1) is 17.2. The van der Waals surface area contributed by atoms with E-state index in [1.807, 2.05) is 6.92 Å². The van der Waals surface area contributed by atoms with Crippen LogP contribution in [0.2, 0.25) is 5.02 Å². The molecule has 1 aliphatic carbocycles. The number of nitrogen functional groups attached to an aromatic ring is 2. The van der Waals surface area contributed by atoms with Gasteiger partial charge < -0.3 is 22.1 Å². The molecular weight excluding hydrogens is 494 g/mol. The van der Waals surface area contributed by atoms with Gasteiger partial charge in [-0.1, -0.05) is 35.3 Å². The highest BCUT2D eigenvalue weighted by Gasteiger charge is 2.46. The van der Waals surface area contributed by atoms with Crippen LogP contribution in [0.5, 0.6) is 0 Å². The molecule has 1 aromatic carbocycles. The fourth-order valence-corrected chi connectivity index (χ4v) is 6.47. The Kier molecular flexibility index (Phi) is 6.37. The topological polar surface area (TPSA) is 129 Å². The molecule has 0 radical (unpaired) electrons. The van der Waals surface area contributed by atoms with Gasteiger partial charge in [-0.05, 0) is 60.9 Å². The number of hydrogen-bond acceptors (Lipinski definition) is 8. The van der Waals surface area contributed by atoms with Crippen LogP contribution in [0.1, 0.15) is 42.5 Å². The van der Waals surface area contributed by atoms with Gasteiger partial charge in [0.15, 0.2) is 0 Å². The summed E-state index contributed by atoms with van der Waals surface area (Å²) in [5.74, 6) is 7.02. The van der Waals surface area contributed by atoms with Gasteiger partial charge in [-0.2, -0.15) is 4.98 Å². The molecule has 5 rings (SSSR count). The first kappa shape index (κ1) is 24.5. The molecule has 6 N–H and O–H groups in total. The number of rotatable bonds is 3. The third-order valence-electron chi connectivity index (χ3n) is 7.34. The number of halogens is 1. The molecule has 1 saturated heterocycles. The van der Waals surface area contributed by atoms with Crippen molar-refractivity contribution in [1.82, 2.24) is 14.5 Å². The molecule has 0 amide bonds. The van der Waals surface area contributed by atoms with Crippen molar-refractivity contribution in [2.75, 3.05) is 29.5 Å². The fraction of sp³-hybridized carbons (Fsp3) is 0.346. The van der Waals surface area contributed by atoms with E-state index in [2.05, 4.69) is 44.9 Å². The predicted octanol–water partition coefficient (Wildman–Crippen LogP) is 3.36. The molecule has 1 fully saturated rings. The Hall–Kier alpha value is -3.19. The Morgan fingerprint density at radius 2 is 1.94 bits per heavy atom. The molecule has 3 heterocycles. The summed E-state index contributed by atoms with van der Waals surface area (Å²) in [6.45, 7) is 3.32. The van der Waals surface area contributed by atoms with Gasteiger partial charge in [0.2, 0.25) is 5.95 Å². The van der Waals surface area contributed by atoms with E-state index in [-0.39, 0.29) is 33.7 Å². The molecule has 8 nitrogen and oxygen atoms in total. The summed E-state index contributed by atoms with van der Waals surface area (Å²) < 4.78 is 1.55. The monoisotopic (exact) mass is 521 g/mol. The zero-order valence-corrected chi connectivity index (χ0v) is 21.8. The smallest absolute Gasteiger partial charge is 0.270 e. The largest absolute Gasteiger partial charge is 0.382 e. The minimum atomic E-state index is -0.233. The van der Waals surface area contributed by atoms with Gasteiger partial charge >= 0.3 is 0 Å². The van der Waals surface area contributed by atoms with E-state index >= 15 is 0 Å². The number of pyridine rings is 1. The molecule has 36 heavy (non-hydrogen) atoms. The van der Waals surface area contributed by atoms with Crippen molar-refractivity contribution >= 4 is 40.9 Å². The van der Waals surface area contributed by atoms with Crippen molar-refractivity contribution in [2.45, 2.75) is 42.0 Å². The SMILES string of the molecule is CC#Cc1ccc2c(c1)[C@@H](N)C1(CCN(c3nc(N)c(Sc4ccnc(N)c4Cl)c(=O)n3C)CC1)C2. The summed E-state index contributed by atoms with van der Waals surface area (Å²) in [6.07, 6.45) is 4.29. The van der Waals surface area contributed by atoms with Crippen molar-refractivity contribution in [1.29, 1.82) is 0 Å². The van der Waals surface area contributed by atoms with E-state index in [0.717, 1.165) is 49.7 Å². The summed E-state index contributed by atoms with van der Waals surface area (Å²) in [7, 11) is 1.72. The van der Waals surface area contributed by atoms with Crippen LogP contribution in [0.15, 0.2) is 45.0 Å². The average Bonchev–Trinajstić information content (AvgIpc) is 3.13. The molecule has 3 aromatic rings. The number of anilines is 3. The lowest BCUT2D eigenvalue weighted by Crippen LogP contribution is -2.46. The maximum Gasteiger partial charge on any atom is 0.270 e. The number of aromatic nitrogens is 3. The van der Waals surface area contributed by atoms with Crippen molar-refractivity contribution < 1.29 is 0 Å². The van der Waals surface area contributed by atoms with Crippen LogP contribution in [0.25, 0.3) is 0 Å². The second-order valence-corrected chi connectivity index (χ2v) is 10.8. The van der Waals surface area contributed by atoms with Crippen molar-refractivity contribution in [2.24, 2.45) is 18.2 Å². The van der Waals surface area contributed by atoms with E-state index in [9.17, 15) is 4.79 Å². The normalized spacial score (nSPS) is 18.1. The zero-order chi connectivity index (χ0) is 25.6. The molecule has 2 aromatic heterocycles. The summed E-state index contributed by atoms with van der Waals surface area (Å²) >= 11 is 7.41. The van der Waals surface area contributed by atoms with Gasteiger partial charge in [-0.3, -0.25) is 9.36 Å². The fourth-order valence-electron chi connectivity index (χ4n) is 5.32. The van der Waals surface area contributed by atoms with Gasteiger partial charge in [-0.15, -0.1) is 5.92 Å². The highest BCUT2D eigenvalue weighted by atomic mass is 35.5. The van der Waals surface area contributed by atoms with E-state index in [1.54, 1.807) is 23.9 Å². The van der Waals surface area contributed by atoms with Crippen LogP contribution in [-0.2, 0) is 13.5 Å². The van der Waals surface area contributed by atoms with Crippen LogP contribution in [-0.4, -0.2) is 27.6 Å². The molecule has 0 unspecified atom stereocenters. The molecule has 0 bridgehead atoms. The Labute approximate surface area is 219 Å². The molecule has 0 saturated carbocycles. The van der Waals surface area contributed by atoms with Crippen LogP contribution >= 0.6 is 23.4 Å². The quantitative estimate of drug-likeness (QED) is 0.447. The molecule has 10 heteroatoms. The number of benzene rings is 1. The lowest BCUT2D eigenvalue weighted by atomic mass is 9.73. The van der Waals surface area contributed by atoms with E-state index < -0.39 is 0 Å². The number of hydrogen-bond donors (Lipinski definition) is 3. The first-order valence-corrected chi connectivity index (χ1v) is 12.9. The summed E-state index contributed by atoms with van der Waals surface area (Å²) in [5.41, 5.74) is 22.2. The summed E-state index contributed by atoms with van der Waals surface area (Å²) in [5, 5.41) is 0.289. The Bertz CT molecular complexity index is 1470. The first-order valence-electron chi connectivity index (χ1n) is 11.7. The van der Waals surface area contributed by atoms with Crippen molar-refractivity contribution in [3.05, 3.63) is 62.5 Å². The molecule has 1 atom stereocenters. The highest BCUT2D eigenvalue weighted by Crippen LogP contribution is 2.51. The van der Waals surface area contributed by atoms with E-state index in [4.69, 9.17) is 28.8 Å². The summed E-state index contributed by atoms with van der Waals surface area (Å²) in [6, 6.07) is 8.04. The highest BCUT2D eigenvalue weighted by molar-refractivity contribution is 7.99. The van der Waals surface area contributed by atoms with Gasteiger partial charge in [-0.25, -0.2) is 4.98 Å². The van der Waals surface area contributed by atoms with Crippen molar-refractivity contribution in [3.63, 3.8) is 0 Å². The third-order valence-corrected chi connectivity index (χ3v) is 9.00. The number of nitrogens with zero attached hydrogens (tertiary/aromatic N) is 4. The average molecular weight is 522 g/mol. The molecule has 186 valence electrons. The van der Waals surface area contributed by atoms with Crippen molar-refractivity contribution in [3.8, 4) is 11.8 Å². The Morgan fingerprint density at radius 1 is 1.19 bits per heavy atom. The molecule has 2 aliphatic rings. The molecule has 1 spiro atoms. The molecular formula is C26H28ClN7OS. The predicted molar refractivity (Wildman–Crippen MR) is 145 cm³/mol. The second-order valence-electron chi connectivity index (χ2n) is 9.39. The summed E-state index contributed by atoms with van der Waals surface area (Å²) in [4.78, 5) is 24.9. The Morgan fingerprint density at radius 3 is 2.67 bits per heavy atom. The zero-order valence-electron chi connectivity index (χ0n) is 20.2. The number of fused-ring (bicyclic) bond motifs is 1. The van der Waals surface area contributed by atoms with Crippen LogP contribution in [0.3, 0.4) is 0 Å². The van der Waals surface area contributed by atoms with Gasteiger partial charge in [0.05, 0.1) is 5.02 Å². The lowest BCUT2D eigenvalue weighted by Gasteiger charge is -2.42. The molecule has 1 aliphatic heterocycles. The second kappa shape index (κ2) is 9.36. The minimum absolute atomic E-state index is 0.00463. The van der Waals surface area contributed by atoms with Crippen LogP contribution in [0.4, 0.5) is 17.6 Å². The van der Waals surface area contributed by atoms with E-state index in [1.165, 1.54) is 11.1 Å². The maximum absolute atomic E-state index is 13.3. The number of nitrogens with two attached hydrogens (primary N) is 3. The lowest BCUT2D eigenvalue weighted by molar-refractivity contribution is 0.186. The standard InChI is InChI=1S/C26H28ClN7OS/c1-3-4-15-5-6-16-14-26(21(28)17(16)13-15)8-11-34(12-9-26)25-32-23(30)20(24(35)33(25)2)36-18-7-10-31-22(29)19(18)27/h5-7,10,13,21H,8-9,11-12,14,28,30H2,1-2H3,(H2,29,31)/t21-/m1/s1. The van der Waals surface area contributed by atoms with Crippen LogP contribution in [0, 0.1) is 17.3 Å². The van der Waals surface area contributed by atoms with E-state index in [0.29, 0.717) is 15.7 Å². The van der Waals surface area contributed by atoms with Gasteiger partial charge in [0.25, 0.3) is 5.56 Å². The van der Waals surface area contributed by atoms with Gasteiger partial charge in [0, 0.05) is 42.8 Å². The minimum Gasteiger partial charge on any atom is -0.382 e. The maximum atomic E-state index is 13.3. The third kappa shape index (κ3) is 4.09. The van der Waals surface area contributed by atoms with Crippen LogP contribution < -0.4 is 27.7 Å². The number of piperidine rings is 1. The van der Waals surface area contributed by atoms with Gasteiger partial charge in [0.1, 0.15) is 16.5 Å². The Balaban J connectivity index is 1.37.